The molecule has 0 aliphatic carbocycles. The molecule has 2 heterocycles. The molecular weight excluding hydrogens is 286 g/mol. The third-order valence-electron chi connectivity index (χ3n) is 4.14. The summed E-state index contributed by atoms with van der Waals surface area (Å²) in [4.78, 5) is 18.8. The van der Waals surface area contributed by atoms with Crippen LogP contribution in [0.3, 0.4) is 0 Å². The predicted octanol–water partition coefficient (Wildman–Crippen LogP) is 3.82. The third-order valence-corrected chi connectivity index (χ3v) is 4.43. The van der Waals surface area contributed by atoms with Gasteiger partial charge in [0.1, 0.15) is 5.82 Å². The van der Waals surface area contributed by atoms with Crippen molar-refractivity contribution in [1.82, 2.24) is 9.88 Å². The quantitative estimate of drug-likeness (QED) is 0.919. The number of nitrogens with zero attached hydrogens (tertiary/aromatic N) is 2. The molecule has 2 rings (SSSR count). The number of pyridine rings is 1. The highest BCUT2D eigenvalue weighted by atomic mass is 35.5. The van der Waals surface area contributed by atoms with Crippen LogP contribution < -0.4 is 5.32 Å². The fraction of sp³-hybridized carbons (Fsp3) is 0.625. The van der Waals surface area contributed by atoms with Gasteiger partial charge < -0.3 is 10.2 Å². The number of likely N-dealkylation sites (tertiary alicyclic amines) is 1. The van der Waals surface area contributed by atoms with Crippen molar-refractivity contribution in [2.75, 3.05) is 25.0 Å². The Bertz CT molecular complexity index is 492. The van der Waals surface area contributed by atoms with Crippen molar-refractivity contribution in [1.29, 1.82) is 0 Å². The summed E-state index contributed by atoms with van der Waals surface area (Å²) in [6.07, 6.45) is 6.22. The van der Waals surface area contributed by atoms with Gasteiger partial charge >= 0.3 is 0 Å². The molecule has 1 aromatic rings. The lowest BCUT2D eigenvalue weighted by Gasteiger charge is -2.21. The highest BCUT2D eigenvalue weighted by Gasteiger charge is 2.21. The van der Waals surface area contributed by atoms with Crippen LogP contribution in [0, 0.1) is 5.92 Å². The normalized spacial score (nSPS) is 19.2. The van der Waals surface area contributed by atoms with Gasteiger partial charge in [0, 0.05) is 25.8 Å². The van der Waals surface area contributed by atoms with Gasteiger partial charge in [-0.05, 0) is 38.2 Å². The summed E-state index contributed by atoms with van der Waals surface area (Å²) in [5.41, 5.74) is 0.580. The Hall–Kier alpha value is -1.29. The average Bonchev–Trinajstić information content (AvgIpc) is 2.74. The van der Waals surface area contributed by atoms with E-state index in [2.05, 4.69) is 17.2 Å². The summed E-state index contributed by atoms with van der Waals surface area (Å²) < 4.78 is 0. The van der Waals surface area contributed by atoms with Crippen molar-refractivity contribution < 1.29 is 4.79 Å². The summed E-state index contributed by atoms with van der Waals surface area (Å²) in [7, 11) is 0. The molecule has 1 atom stereocenters. The Labute approximate surface area is 131 Å². The number of carbonyl (C=O) groups excluding carboxylic acids is 1. The number of hydrogen-bond acceptors (Lipinski definition) is 3. The minimum absolute atomic E-state index is 0.0456. The van der Waals surface area contributed by atoms with Crippen molar-refractivity contribution in [2.45, 2.75) is 39.5 Å². The molecule has 0 radical (unpaired) electrons. The van der Waals surface area contributed by atoms with Gasteiger partial charge in [-0.2, -0.15) is 0 Å². The number of hydrogen-bond donors (Lipinski definition) is 1. The van der Waals surface area contributed by atoms with E-state index < -0.39 is 0 Å². The number of anilines is 1. The first-order valence-electron chi connectivity index (χ1n) is 7.84. The second-order valence-corrected chi connectivity index (χ2v) is 5.99. The van der Waals surface area contributed by atoms with Gasteiger partial charge in [0.15, 0.2) is 0 Å². The lowest BCUT2D eigenvalue weighted by atomic mass is 9.98. The molecule has 0 bridgehead atoms. The Kier molecular flexibility index (Phi) is 5.85. The molecule has 1 fully saturated rings. The van der Waals surface area contributed by atoms with E-state index >= 15 is 0 Å². The van der Waals surface area contributed by atoms with Crippen LogP contribution in [-0.4, -0.2) is 35.4 Å². The van der Waals surface area contributed by atoms with E-state index in [1.165, 1.54) is 12.8 Å². The first kappa shape index (κ1) is 16.1. The van der Waals surface area contributed by atoms with E-state index in [4.69, 9.17) is 11.6 Å². The van der Waals surface area contributed by atoms with Crippen molar-refractivity contribution in [3.8, 4) is 0 Å². The lowest BCUT2D eigenvalue weighted by molar-refractivity contribution is 0.0759. The topological polar surface area (TPSA) is 45.2 Å². The highest BCUT2D eigenvalue weighted by molar-refractivity contribution is 6.33. The predicted molar refractivity (Wildman–Crippen MR) is 86.9 cm³/mol. The molecule has 1 amide bonds. The van der Waals surface area contributed by atoms with Gasteiger partial charge in [0.05, 0.1) is 10.6 Å². The van der Waals surface area contributed by atoms with E-state index in [1.54, 1.807) is 12.3 Å². The molecule has 1 saturated heterocycles. The Balaban J connectivity index is 2.07. The van der Waals surface area contributed by atoms with Gasteiger partial charge in [0.2, 0.25) is 0 Å². The minimum atomic E-state index is 0.0456. The van der Waals surface area contributed by atoms with Crippen LogP contribution in [-0.2, 0) is 0 Å². The van der Waals surface area contributed by atoms with Gasteiger partial charge in [-0.15, -0.1) is 0 Å². The number of rotatable bonds is 4. The summed E-state index contributed by atoms with van der Waals surface area (Å²) >= 11 is 6.17. The maximum absolute atomic E-state index is 12.6. The molecule has 1 aliphatic rings. The molecule has 0 saturated carbocycles. The molecule has 21 heavy (non-hydrogen) atoms. The Morgan fingerprint density at radius 2 is 2.24 bits per heavy atom. The van der Waals surface area contributed by atoms with E-state index in [9.17, 15) is 4.79 Å². The smallest absolute Gasteiger partial charge is 0.255 e. The van der Waals surface area contributed by atoms with Crippen molar-refractivity contribution in [3.63, 3.8) is 0 Å². The van der Waals surface area contributed by atoms with Crippen molar-refractivity contribution in [3.05, 3.63) is 22.8 Å². The van der Waals surface area contributed by atoms with Crippen molar-refractivity contribution >= 4 is 23.3 Å². The van der Waals surface area contributed by atoms with Crippen LogP contribution in [0.2, 0.25) is 5.02 Å². The minimum Gasteiger partial charge on any atom is -0.369 e. The van der Waals surface area contributed by atoms with Crippen LogP contribution >= 0.6 is 11.6 Å². The van der Waals surface area contributed by atoms with E-state index in [1.807, 2.05) is 11.8 Å². The van der Waals surface area contributed by atoms with Crippen LogP contribution in [0.25, 0.3) is 0 Å². The zero-order chi connectivity index (χ0) is 15.2. The first-order valence-corrected chi connectivity index (χ1v) is 8.22. The van der Waals surface area contributed by atoms with E-state index in [0.29, 0.717) is 16.4 Å². The summed E-state index contributed by atoms with van der Waals surface area (Å²) in [6.45, 7) is 6.64. The van der Waals surface area contributed by atoms with E-state index in [-0.39, 0.29) is 5.91 Å². The van der Waals surface area contributed by atoms with Crippen LogP contribution in [0.1, 0.15) is 49.9 Å². The maximum atomic E-state index is 12.6. The van der Waals surface area contributed by atoms with E-state index in [0.717, 1.165) is 38.4 Å². The fourth-order valence-corrected chi connectivity index (χ4v) is 3.04. The Morgan fingerprint density at radius 1 is 1.43 bits per heavy atom. The second kappa shape index (κ2) is 7.64. The molecule has 1 aromatic heterocycles. The third kappa shape index (κ3) is 4.10. The number of amides is 1. The molecule has 4 nitrogen and oxygen atoms in total. The molecule has 116 valence electrons. The number of carbonyl (C=O) groups is 1. The summed E-state index contributed by atoms with van der Waals surface area (Å²) in [5.74, 6) is 1.43. The molecule has 5 heteroatoms. The van der Waals surface area contributed by atoms with Crippen LogP contribution in [0.15, 0.2) is 12.3 Å². The summed E-state index contributed by atoms with van der Waals surface area (Å²) in [5, 5.41) is 3.58. The van der Waals surface area contributed by atoms with Gasteiger partial charge in [0.25, 0.3) is 5.91 Å². The maximum Gasteiger partial charge on any atom is 0.255 e. The zero-order valence-corrected chi connectivity index (χ0v) is 13.6. The number of aromatic nitrogens is 1. The molecule has 1 unspecified atom stereocenters. The van der Waals surface area contributed by atoms with Crippen LogP contribution in [0.5, 0.6) is 0 Å². The zero-order valence-electron chi connectivity index (χ0n) is 12.9. The number of halogens is 1. The first-order chi connectivity index (χ1) is 10.2. The highest BCUT2D eigenvalue weighted by Crippen LogP contribution is 2.24. The van der Waals surface area contributed by atoms with Crippen LogP contribution in [0.4, 0.5) is 5.82 Å². The van der Waals surface area contributed by atoms with Gasteiger partial charge in [-0.3, -0.25) is 4.79 Å². The molecular formula is C16H24ClN3O. The van der Waals surface area contributed by atoms with Gasteiger partial charge in [-0.25, -0.2) is 4.98 Å². The fourth-order valence-electron chi connectivity index (χ4n) is 2.81. The second-order valence-electron chi connectivity index (χ2n) is 5.58. The molecule has 0 spiro atoms. The SMILES string of the molecule is CCNc1ncc(C(=O)N2CCCC(CC)CC2)cc1Cl. The monoisotopic (exact) mass is 309 g/mol. The molecule has 1 aliphatic heterocycles. The standard InChI is InChI=1S/C16H24ClN3O/c1-3-12-6-5-8-20(9-7-12)16(21)13-10-14(17)15(18-4-2)19-11-13/h10-12H,3-9H2,1-2H3,(H,18,19). The molecule has 0 aromatic carbocycles. The summed E-state index contributed by atoms with van der Waals surface area (Å²) in [6, 6.07) is 1.72. The Morgan fingerprint density at radius 3 is 2.90 bits per heavy atom. The lowest BCUT2D eigenvalue weighted by Crippen LogP contribution is -2.32. The largest absolute Gasteiger partial charge is 0.369 e. The number of nitrogens with one attached hydrogen (secondary N) is 1. The average molecular weight is 310 g/mol. The molecule has 1 N–H and O–H groups in total. The van der Waals surface area contributed by atoms with Gasteiger partial charge in [-0.1, -0.05) is 24.9 Å². The van der Waals surface area contributed by atoms with Crippen molar-refractivity contribution in [2.24, 2.45) is 5.92 Å².